The Morgan fingerprint density at radius 3 is 2.66 bits per heavy atom. The van der Waals surface area contributed by atoms with Gasteiger partial charge in [-0.15, -0.1) is 13.2 Å². The second kappa shape index (κ2) is 9.25. The molecule has 32 heavy (non-hydrogen) atoms. The maximum absolute atomic E-state index is 13.0. The van der Waals surface area contributed by atoms with Crippen LogP contribution in [-0.2, 0) is 9.59 Å². The molecule has 3 amide bonds. The zero-order valence-electron chi connectivity index (χ0n) is 17.1. The Morgan fingerprint density at radius 2 is 1.97 bits per heavy atom. The topological polar surface area (TPSA) is 115 Å². The molecule has 3 N–H and O–H groups in total. The smallest absolute Gasteiger partial charge is 0.406 e. The second-order valence-corrected chi connectivity index (χ2v) is 7.56. The van der Waals surface area contributed by atoms with Crippen molar-refractivity contribution >= 4 is 23.4 Å². The predicted octanol–water partition coefficient (Wildman–Crippen LogP) is 3.26. The van der Waals surface area contributed by atoms with Gasteiger partial charge in [0.2, 0.25) is 5.91 Å². The largest absolute Gasteiger partial charge is 0.573 e. The lowest BCUT2D eigenvalue weighted by Crippen LogP contribution is -2.46. The monoisotopic (exact) mass is 452 g/mol. The molecule has 2 aromatic rings. The van der Waals surface area contributed by atoms with Crippen LogP contribution in [0.15, 0.2) is 42.7 Å². The van der Waals surface area contributed by atoms with Crippen LogP contribution < -0.4 is 15.8 Å². The van der Waals surface area contributed by atoms with Crippen LogP contribution in [0.5, 0.6) is 5.75 Å². The Morgan fingerprint density at radius 1 is 1.22 bits per heavy atom. The highest BCUT2D eigenvalue weighted by atomic mass is 19.4. The lowest BCUT2D eigenvalue weighted by Gasteiger charge is -2.38. The fraction of sp³-hybridized carbons (Fsp3) is 0.333. The molecular weight excluding hydrogens is 429 g/mol. The number of likely N-dealkylation sites (tertiary alicyclic amines) is 1. The van der Waals surface area contributed by atoms with E-state index >= 15 is 0 Å². The number of ether oxygens (including phenoxy) is 1. The normalized spacial score (nSPS) is 18.7. The van der Waals surface area contributed by atoms with E-state index in [1.165, 1.54) is 41.6 Å². The van der Waals surface area contributed by atoms with Gasteiger partial charge in [-0.25, -0.2) is 0 Å². The number of nitrogens with one attached hydrogen (secondary N) is 1. The number of nitrogens with two attached hydrogens (primary N) is 1. The number of amides is 3. The van der Waals surface area contributed by atoms with E-state index in [1.54, 1.807) is 6.07 Å². The molecule has 1 fully saturated rings. The predicted molar refractivity (Wildman–Crippen MR) is 109 cm³/mol. The maximum atomic E-state index is 13.0. The summed E-state index contributed by atoms with van der Waals surface area (Å²) in [7, 11) is 0. The van der Waals surface area contributed by atoms with E-state index in [0.29, 0.717) is 12.0 Å². The molecular formula is C21H23F3N4O4. The second-order valence-electron chi connectivity index (χ2n) is 7.56. The third-order valence-corrected chi connectivity index (χ3v) is 5.03. The standard InChI is InChI=1S/C21H21F3N4O4.H2/c1-12-5-6-17(13-3-2-4-16(8-13)32-21(22,23)24)28(11-12)20(31)19(30)27-15-7-14(18(25)29)9-26-10-15;/h2-4,7-10,12,17H,5-6,11H2,1H3,(H2,25,29)(H,27,30);1H/t12-,17+;/m1./s1. The number of primary amides is 1. The van der Waals surface area contributed by atoms with E-state index in [-0.39, 0.29) is 25.1 Å². The third kappa shape index (κ3) is 5.74. The molecule has 1 saturated heterocycles. The number of rotatable bonds is 4. The lowest BCUT2D eigenvalue weighted by atomic mass is 9.89. The summed E-state index contributed by atoms with van der Waals surface area (Å²) in [6.07, 6.45) is -1.17. The summed E-state index contributed by atoms with van der Waals surface area (Å²) in [6.45, 7) is 2.17. The molecule has 0 spiro atoms. The van der Waals surface area contributed by atoms with Crippen molar-refractivity contribution < 1.29 is 33.7 Å². The Hall–Kier alpha value is -3.63. The van der Waals surface area contributed by atoms with Crippen molar-refractivity contribution in [1.82, 2.24) is 9.88 Å². The number of aromatic nitrogens is 1. The molecule has 8 nitrogen and oxygen atoms in total. The first-order valence-electron chi connectivity index (χ1n) is 9.76. The number of pyridine rings is 1. The summed E-state index contributed by atoms with van der Waals surface area (Å²) in [4.78, 5) is 42.0. The third-order valence-electron chi connectivity index (χ3n) is 5.03. The summed E-state index contributed by atoms with van der Waals surface area (Å²) in [5.41, 5.74) is 5.79. The summed E-state index contributed by atoms with van der Waals surface area (Å²) >= 11 is 0. The molecule has 0 radical (unpaired) electrons. The molecule has 0 saturated carbocycles. The molecule has 1 aromatic carbocycles. The zero-order chi connectivity index (χ0) is 23.5. The van der Waals surface area contributed by atoms with Crippen LogP contribution in [0.2, 0.25) is 0 Å². The summed E-state index contributed by atoms with van der Waals surface area (Å²) in [6, 6.07) is 6.05. The molecule has 1 aliphatic rings. The van der Waals surface area contributed by atoms with Crippen molar-refractivity contribution in [2.75, 3.05) is 11.9 Å². The minimum Gasteiger partial charge on any atom is -0.406 e. The van der Waals surface area contributed by atoms with Gasteiger partial charge in [-0.3, -0.25) is 19.4 Å². The van der Waals surface area contributed by atoms with Crippen LogP contribution in [0.3, 0.4) is 0 Å². The van der Waals surface area contributed by atoms with Crippen LogP contribution in [0, 0.1) is 5.92 Å². The Labute approximate surface area is 183 Å². The first kappa shape index (κ1) is 23.0. The zero-order valence-corrected chi connectivity index (χ0v) is 17.1. The van der Waals surface area contributed by atoms with E-state index in [1.807, 2.05) is 6.92 Å². The number of carbonyl (C=O) groups is 3. The van der Waals surface area contributed by atoms with Crippen molar-refractivity contribution in [3.05, 3.63) is 53.9 Å². The Bertz CT molecular complexity index is 1030. The van der Waals surface area contributed by atoms with Gasteiger partial charge in [-0.1, -0.05) is 19.1 Å². The molecule has 2 heterocycles. The van der Waals surface area contributed by atoms with Crippen LogP contribution >= 0.6 is 0 Å². The quantitative estimate of drug-likeness (QED) is 0.691. The van der Waals surface area contributed by atoms with Crippen molar-refractivity contribution in [1.29, 1.82) is 0 Å². The molecule has 0 bridgehead atoms. The van der Waals surface area contributed by atoms with Crippen molar-refractivity contribution in [3.63, 3.8) is 0 Å². The van der Waals surface area contributed by atoms with E-state index < -0.39 is 35.9 Å². The number of hydrogen-bond acceptors (Lipinski definition) is 5. The number of carbonyl (C=O) groups excluding carboxylic acids is 3. The Balaban J connectivity index is 0.00000385. The molecule has 1 aliphatic heterocycles. The van der Waals surface area contributed by atoms with Gasteiger partial charge >= 0.3 is 18.2 Å². The van der Waals surface area contributed by atoms with E-state index in [4.69, 9.17) is 5.73 Å². The number of nitrogens with zero attached hydrogens (tertiary/aromatic N) is 2. The molecule has 0 aliphatic carbocycles. The highest BCUT2D eigenvalue weighted by Gasteiger charge is 2.35. The van der Waals surface area contributed by atoms with Gasteiger partial charge in [-0.2, -0.15) is 0 Å². The minimum atomic E-state index is -4.84. The van der Waals surface area contributed by atoms with E-state index in [9.17, 15) is 27.6 Å². The van der Waals surface area contributed by atoms with Gasteiger partial charge in [-0.05, 0) is 42.5 Å². The average molecular weight is 452 g/mol. The highest BCUT2D eigenvalue weighted by Crippen LogP contribution is 2.35. The van der Waals surface area contributed by atoms with Gasteiger partial charge in [0.1, 0.15) is 5.75 Å². The fourth-order valence-corrected chi connectivity index (χ4v) is 3.60. The number of alkyl halides is 3. The van der Waals surface area contributed by atoms with Crippen LogP contribution in [0.1, 0.15) is 43.2 Å². The summed E-state index contributed by atoms with van der Waals surface area (Å²) in [5.74, 6) is -2.87. The summed E-state index contributed by atoms with van der Waals surface area (Å²) < 4.78 is 41.7. The average Bonchev–Trinajstić information content (AvgIpc) is 2.72. The van der Waals surface area contributed by atoms with Gasteiger partial charge in [0.15, 0.2) is 0 Å². The molecule has 172 valence electrons. The molecule has 0 unspecified atom stereocenters. The fourth-order valence-electron chi connectivity index (χ4n) is 3.60. The van der Waals surface area contributed by atoms with Gasteiger partial charge in [0.05, 0.1) is 23.5 Å². The highest BCUT2D eigenvalue weighted by molar-refractivity contribution is 6.39. The van der Waals surface area contributed by atoms with E-state index in [2.05, 4.69) is 15.0 Å². The minimum absolute atomic E-state index is 0. The first-order valence-corrected chi connectivity index (χ1v) is 9.76. The van der Waals surface area contributed by atoms with Gasteiger partial charge in [0.25, 0.3) is 0 Å². The van der Waals surface area contributed by atoms with Crippen LogP contribution in [0.4, 0.5) is 18.9 Å². The van der Waals surface area contributed by atoms with Crippen LogP contribution in [0.25, 0.3) is 0 Å². The molecule has 2 atom stereocenters. The van der Waals surface area contributed by atoms with Crippen molar-refractivity contribution in [2.24, 2.45) is 11.7 Å². The van der Waals surface area contributed by atoms with E-state index in [0.717, 1.165) is 6.42 Å². The summed E-state index contributed by atoms with van der Waals surface area (Å²) in [5, 5.41) is 2.39. The molecule has 3 rings (SSSR count). The number of piperidine rings is 1. The number of anilines is 1. The van der Waals surface area contributed by atoms with Gasteiger partial charge < -0.3 is 20.7 Å². The molecule has 11 heteroatoms. The number of hydrogen-bond donors (Lipinski definition) is 2. The SMILES string of the molecule is C[C@@H]1CC[C@@H](c2cccc(OC(F)(F)F)c2)N(C(=O)C(=O)Nc2cncc(C(N)=O)c2)C1.[HH]. The lowest BCUT2D eigenvalue weighted by molar-refractivity contribution is -0.274. The maximum Gasteiger partial charge on any atom is 0.573 e. The van der Waals surface area contributed by atoms with Crippen molar-refractivity contribution in [2.45, 2.75) is 32.2 Å². The van der Waals surface area contributed by atoms with Gasteiger partial charge in [0, 0.05) is 14.2 Å². The Kier molecular flexibility index (Phi) is 6.66. The van der Waals surface area contributed by atoms with Crippen LogP contribution in [-0.4, -0.2) is 40.5 Å². The first-order chi connectivity index (χ1) is 15.0. The molecule has 1 aromatic heterocycles. The van der Waals surface area contributed by atoms with Crippen molar-refractivity contribution in [3.8, 4) is 5.75 Å². The number of halogens is 3. The number of benzene rings is 1.